The maximum Gasteiger partial charge on any atom is 0.125 e. The van der Waals surface area contributed by atoms with Gasteiger partial charge in [-0.25, -0.2) is 0 Å². The molecule has 2 N–H and O–H groups in total. The molecule has 0 fully saturated rings. The van der Waals surface area contributed by atoms with Crippen LogP contribution >= 0.6 is 0 Å². The highest BCUT2D eigenvalue weighted by atomic mass is 16.5. The summed E-state index contributed by atoms with van der Waals surface area (Å²) in [4.78, 5) is 0. The molecule has 0 aliphatic rings. The van der Waals surface area contributed by atoms with Crippen molar-refractivity contribution in [3.05, 3.63) is 59.7 Å². The van der Waals surface area contributed by atoms with E-state index >= 15 is 0 Å². The molecule has 2 aromatic rings. The Bertz CT molecular complexity index is 542. The second-order valence-electron chi connectivity index (χ2n) is 5.01. The van der Waals surface area contributed by atoms with Gasteiger partial charge in [-0.05, 0) is 31.5 Å². The van der Waals surface area contributed by atoms with E-state index in [9.17, 15) is 10.2 Å². The number of hydrogen-bond donors (Lipinski definition) is 2. The minimum absolute atomic E-state index is 0.0399. The summed E-state index contributed by atoms with van der Waals surface area (Å²) in [7, 11) is 0. The third-order valence-electron chi connectivity index (χ3n) is 2.88. The molecule has 0 atom stereocenters. The third-order valence-corrected chi connectivity index (χ3v) is 2.88. The minimum Gasteiger partial charge on any atom is -0.507 e. The monoisotopic (exact) mass is 258 g/mol. The van der Waals surface area contributed by atoms with Crippen LogP contribution in [0.3, 0.4) is 0 Å². The molecule has 100 valence electrons. The largest absolute Gasteiger partial charge is 0.507 e. The highest BCUT2D eigenvalue weighted by Gasteiger charge is 2.20. The first kappa shape index (κ1) is 13.4. The van der Waals surface area contributed by atoms with Gasteiger partial charge in [0.05, 0.1) is 5.60 Å². The number of phenols is 1. The van der Waals surface area contributed by atoms with E-state index in [1.54, 1.807) is 26.0 Å². The number of hydrogen-bond acceptors (Lipinski definition) is 3. The number of benzene rings is 2. The predicted molar refractivity (Wildman–Crippen MR) is 74.1 cm³/mol. The second kappa shape index (κ2) is 5.33. The van der Waals surface area contributed by atoms with Gasteiger partial charge < -0.3 is 14.9 Å². The van der Waals surface area contributed by atoms with Gasteiger partial charge in [0.25, 0.3) is 0 Å². The zero-order valence-corrected chi connectivity index (χ0v) is 11.1. The van der Waals surface area contributed by atoms with E-state index < -0.39 is 5.60 Å². The van der Waals surface area contributed by atoms with Gasteiger partial charge in [0.1, 0.15) is 18.1 Å². The summed E-state index contributed by atoms with van der Waals surface area (Å²) in [5, 5.41) is 19.8. The van der Waals surface area contributed by atoms with Gasteiger partial charge in [-0.3, -0.25) is 0 Å². The SMILES string of the molecule is CC(C)(O)c1ccc(OCc2ccccc2)cc1O. The number of aromatic hydroxyl groups is 1. The van der Waals surface area contributed by atoms with Crippen LogP contribution < -0.4 is 4.74 Å². The zero-order chi connectivity index (χ0) is 13.9. The van der Waals surface area contributed by atoms with Crippen molar-refractivity contribution in [1.29, 1.82) is 0 Å². The van der Waals surface area contributed by atoms with E-state index in [4.69, 9.17) is 4.74 Å². The molecule has 0 aliphatic heterocycles. The Kier molecular flexibility index (Phi) is 3.76. The molecule has 0 saturated heterocycles. The summed E-state index contributed by atoms with van der Waals surface area (Å²) in [5.74, 6) is 0.618. The van der Waals surface area contributed by atoms with Crippen LogP contribution in [0.15, 0.2) is 48.5 Å². The lowest BCUT2D eigenvalue weighted by atomic mass is 9.97. The lowest BCUT2D eigenvalue weighted by Crippen LogP contribution is -2.15. The topological polar surface area (TPSA) is 49.7 Å². The average molecular weight is 258 g/mol. The maximum absolute atomic E-state index is 9.88. The zero-order valence-electron chi connectivity index (χ0n) is 11.1. The van der Waals surface area contributed by atoms with E-state index in [0.717, 1.165) is 5.56 Å². The van der Waals surface area contributed by atoms with Crippen molar-refractivity contribution in [1.82, 2.24) is 0 Å². The third kappa shape index (κ3) is 3.48. The van der Waals surface area contributed by atoms with Crippen LogP contribution in [0.2, 0.25) is 0 Å². The molecule has 2 rings (SSSR count). The molecule has 0 bridgehead atoms. The van der Waals surface area contributed by atoms with E-state index in [2.05, 4.69) is 0 Å². The van der Waals surface area contributed by atoms with Gasteiger partial charge in [-0.2, -0.15) is 0 Å². The molecule has 0 aliphatic carbocycles. The number of aliphatic hydroxyl groups is 1. The molecule has 0 radical (unpaired) electrons. The number of ether oxygens (including phenoxy) is 1. The van der Waals surface area contributed by atoms with Crippen molar-refractivity contribution >= 4 is 0 Å². The number of phenolic OH excluding ortho intramolecular Hbond substituents is 1. The molecule has 0 saturated carbocycles. The van der Waals surface area contributed by atoms with Crippen molar-refractivity contribution in [2.45, 2.75) is 26.1 Å². The second-order valence-corrected chi connectivity index (χ2v) is 5.01. The van der Waals surface area contributed by atoms with Gasteiger partial charge in [0.15, 0.2) is 0 Å². The normalized spacial score (nSPS) is 11.3. The van der Waals surface area contributed by atoms with Crippen LogP contribution in [0.5, 0.6) is 11.5 Å². The smallest absolute Gasteiger partial charge is 0.125 e. The predicted octanol–water partition coefficient (Wildman–Crippen LogP) is 3.20. The maximum atomic E-state index is 9.88. The molecule has 3 nitrogen and oxygen atoms in total. The van der Waals surface area contributed by atoms with E-state index in [0.29, 0.717) is 17.9 Å². The lowest BCUT2D eigenvalue weighted by molar-refractivity contribution is 0.0757. The highest BCUT2D eigenvalue weighted by Crippen LogP contribution is 2.32. The molecule has 2 aromatic carbocycles. The fraction of sp³-hybridized carbons (Fsp3) is 0.250. The molecular weight excluding hydrogens is 240 g/mol. The molecule has 0 heterocycles. The van der Waals surface area contributed by atoms with Crippen LogP contribution in [0, 0.1) is 0 Å². The van der Waals surface area contributed by atoms with Crippen LogP contribution in [-0.2, 0) is 12.2 Å². The summed E-state index contributed by atoms with van der Waals surface area (Å²) in [6.07, 6.45) is 0. The Labute approximate surface area is 113 Å². The Morgan fingerprint density at radius 3 is 2.32 bits per heavy atom. The van der Waals surface area contributed by atoms with Crippen molar-refractivity contribution in [2.24, 2.45) is 0 Å². The van der Waals surface area contributed by atoms with Crippen LogP contribution in [-0.4, -0.2) is 10.2 Å². The van der Waals surface area contributed by atoms with Gasteiger partial charge >= 0.3 is 0 Å². The first-order valence-electron chi connectivity index (χ1n) is 6.19. The minimum atomic E-state index is -1.07. The van der Waals surface area contributed by atoms with E-state index in [1.165, 1.54) is 6.07 Å². The van der Waals surface area contributed by atoms with Crippen LogP contribution in [0.4, 0.5) is 0 Å². The summed E-state index contributed by atoms with van der Waals surface area (Å²) in [6.45, 7) is 3.71. The molecule has 19 heavy (non-hydrogen) atoms. The van der Waals surface area contributed by atoms with E-state index in [1.807, 2.05) is 30.3 Å². The molecule has 0 spiro atoms. The van der Waals surface area contributed by atoms with E-state index in [-0.39, 0.29) is 5.75 Å². The van der Waals surface area contributed by atoms with Gasteiger partial charge in [-0.1, -0.05) is 30.3 Å². The first-order valence-corrected chi connectivity index (χ1v) is 6.19. The Morgan fingerprint density at radius 2 is 1.74 bits per heavy atom. The standard InChI is InChI=1S/C16H18O3/c1-16(2,18)14-9-8-13(10-15(14)17)19-11-12-6-4-3-5-7-12/h3-10,17-18H,11H2,1-2H3. The average Bonchev–Trinajstić information content (AvgIpc) is 2.36. The van der Waals surface area contributed by atoms with Gasteiger partial charge in [0.2, 0.25) is 0 Å². The Balaban J connectivity index is 2.09. The van der Waals surface area contributed by atoms with Crippen molar-refractivity contribution in [2.75, 3.05) is 0 Å². The number of rotatable bonds is 4. The molecule has 3 heteroatoms. The fourth-order valence-electron chi connectivity index (χ4n) is 1.86. The van der Waals surface area contributed by atoms with Crippen molar-refractivity contribution in [3.63, 3.8) is 0 Å². The van der Waals surface area contributed by atoms with Crippen molar-refractivity contribution < 1.29 is 14.9 Å². The molecule has 0 aromatic heterocycles. The molecule has 0 amide bonds. The first-order chi connectivity index (χ1) is 8.97. The van der Waals surface area contributed by atoms with Crippen molar-refractivity contribution in [3.8, 4) is 11.5 Å². The summed E-state index contributed by atoms with van der Waals surface area (Å²) in [6, 6.07) is 14.8. The summed E-state index contributed by atoms with van der Waals surface area (Å²) < 4.78 is 5.60. The Hall–Kier alpha value is -2.00. The Morgan fingerprint density at radius 1 is 1.05 bits per heavy atom. The molecular formula is C16H18O3. The molecule has 0 unspecified atom stereocenters. The van der Waals surface area contributed by atoms with Gasteiger partial charge in [-0.15, -0.1) is 0 Å². The quantitative estimate of drug-likeness (QED) is 0.885. The fourth-order valence-corrected chi connectivity index (χ4v) is 1.86. The summed E-state index contributed by atoms with van der Waals surface area (Å²) in [5.41, 5.74) is 0.482. The summed E-state index contributed by atoms with van der Waals surface area (Å²) >= 11 is 0. The van der Waals surface area contributed by atoms with Crippen LogP contribution in [0.25, 0.3) is 0 Å². The van der Waals surface area contributed by atoms with Crippen LogP contribution in [0.1, 0.15) is 25.0 Å². The highest BCUT2D eigenvalue weighted by molar-refractivity contribution is 5.42. The lowest BCUT2D eigenvalue weighted by Gasteiger charge is -2.19. The van der Waals surface area contributed by atoms with Gasteiger partial charge in [0, 0.05) is 11.6 Å².